The molecule has 6 nitrogen and oxygen atoms in total. The van der Waals surface area contributed by atoms with Gasteiger partial charge in [0.2, 0.25) is 0 Å². The van der Waals surface area contributed by atoms with Crippen LogP contribution in [-0.4, -0.2) is 43.9 Å². The summed E-state index contributed by atoms with van der Waals surface area (Å²) in [7, 11) is 1.33. The van der Waals surface area contributed by atoms with E-state index in [4.69, 9.17) is 4.74 Å². The molecule has 0 aromatic rings. The number of hydrogen-bond donors (Lipinski definition) is 2. The molecule has 0 heterocycles. The van der Waals surface area contributed by atoms with E-state index in [2.05, 4.69) is 15.4 Å². The molecule has 0 radical (unpaired) electrons. The van der Waals surface area contributed by atoms with Gasteiger partial charge in [-0.3, -0.25) is 4.79 Å². The van der Waals surface area contributed by atoms with Gasteiger partial charge in [0.1, 0.15) is 11.6 Å². The summed E-state index contributed by atoms with van der Waals surface area (Å²) in [5.41, 5.74) is -0.503. The molecule has 0 rings (SSSR count). The Morgan fingerprint density at radius 2 is 1.82 bits per heavy atom. The van der Waals surface area contributed by atoms with Crippen molar-refractivity contribution in [3.63, 3.8) is 0 Å². The normalized spacial score (nSPS) is 12.8. The second kappa shape index (κ2) is 7.11. The third kappa shape index (κ3) is 8.50. The average molecular weight is 246 g/mol. The van der Waals surface area contributed by atoms with E-state index in [-0.39, 0.29) is 12.0 Å². The Kier molecular flexibility index (Phi) is 6.57. The van der Waals surface area contributed by atoms with Crippen molar-refractivity contribution in [3.05, 3.63) is 0 Å². The fraction of sp³-hybridized carbons (Fsp3) is 0.818. The molecular weight excluding hydrogens is 224 g/mol. The monoisotopic (exact) mass is 246 g/mol. The number of ether oxygens (including phenoxy) is 2. The van der Waals surface area contributed by atoms with Gasteiger partial charge in [-0.1, -0.05) is 0 Å². The number of methoxy groups -OCH3 is 1. The highest BCUT2D eigenvalue weighted by atomic mass is 16.6. The molecule has 0 saturated carbocycles. The van der Waals surface area contributed by atoms with Crippen LogP contribution in [0.3, 0.4) is 0 Å². The van der Waals surface area contributed by atoms with E-state index in [1.807, 2.05) is 0 Å². The summed E-state index contributed by atoms with van der Waals surface area (Å²) in [6.45, 7) is 7.93. The summed E-state index contributed by atoms with van der Waals surface area (Å²) in [5.74, 6) is -0.331. The van der Waals surface area contributed by atoms with Crippen molar-refractivity contribution in [1.82, 2.24) is 10.6 Å². The van der Waals surface area contributed by atoms with Gasteiger partial charge >= 0.3 is 12.1 Å². The molecule has 0 aliphatic carbocycles. The number of rotatable bonds is 5. The zero-order valence-electron chi connectivity index (χ0n) is 11.1. The van der Waals surface area contributed by atoms with Crippen LogP contribution in [0.2, 0.25) is 0 Å². The van der Waals surface area contributed by atoms with Gasteiger partial charge in [0.25, 0.3) is 0 Å². The van der Waals surface area contributed by atoms with Crippen molar-refractivity contribution in [2.45, 2.75) is 39.3 Å². The second-order valence-corrected chi connectivity index (χ2v) is 4.63. The van der Waals surface area contributed by atoms with Gasteiger partial charge in [-0.25, -0.2) is 4.79 Å². The Hall–Kier alpha value is -1.30. The Morgan fingerprint density at radius 3 is 2.29 bits per heavy atom. The molecule has 0 aromatic carbocycles. The number of carbonyl (C=O) groups is 2. The molecule has 0 aromatic heterocycles. The maximum Gasteiger partial charge on any atom is 0.407 e. The minimum Gasteiger partial charge on any atom is -0.468 e. The van der Waals surface area contributed by atoms with Gasteiger partial charge in [-0.2, -0.15) is 0 Å². The largest absolute Gasteiger partial charge is 0.468 e. The van der Waals surface area contributed by atoms with E-state index in [0.717, 1.165) is 0 Å². The number of alkyl carbamates (subject to hydrolysis) is 1. The predicted molar refractivity (Wildman–Crippen MR) is 63.7 cm³/mol. The number of amides is 1. The van der Waals surface area contributed by atoms with Crippen LogP contribution in [0.1, 0.15) is 27.7 Å². The van der Waals surface area contributed by atoms with E-state index in [1.54, 1.807) is 27.7 Å². The van der Waals surface area contributed by atoms with Gasteiger partial charge < -0.3 is 20.1 Å². The van der Waals surface area contributed by atoms with E-state index < -0.39 is 11.7 Å². The average Bonchev–Trinajstić information content (AvgIpc) is 2.20. The van der Waals surface area contributed by atoms with E-state index in [9.17, 15) is 9.59 Å². The lowest BCUT2D eigenvalue weighted by Crippen LogP contribution is -2.41. The highest BCUT2D eigenvalue weighted by Gasteiger charge is 2.16. The predicted octanol–water partition coefficient (Wildman–Crippen LogP) is 0.662. The van der Waals surface area contributed by atoms with Gasteiger partial charge in [-0.15, -0.1) is 0 Å². The van der Waals surface area contributed by atoms with Crippen LogP contribution >= 0.6 is 0 Å². The zero-order chi connectivity index (χ0) is 13.5. The van der Waals surface area contributed by atoms with Crippen molar-refractivity contribution < 1.29 is 19.1 Å². The Bertz CT molecular complexity index is 261. The van der Waals surface area contributed by atoms with Crippen LogP contribution in [0.4, 0.5) is 4.79 Å². The van der Waals surface area contributed by atoms with E-state index in [1.165, 1.54) is 7.11 Å². The minimum absolute atomic E-state index is 0.331. The van der Waals surface area contributed by atoms with Crippen molar-refractivity contribution in [2.24, 2.45) is 0 Å². The van der Waals surface area contributed by atoms with Crippen LogP contribution in [0.25, 0.3) is 0 Å². The lowest BCUT2D eigenvalue weighted by Gasteiger charge is -2.20. The fourth-order valence-corrected chi connectivity index (χ4v) is 1.03. The van der Waals surface area contributed by atoms with Crippen LogP contribution in [0, 0.1) is 0 Å². The molecule has 0 spiro atoms. The molecule has 2 N–H and O–H groups in total. The van der Waals surface area contributed by atoms with E-state index in [0.29, 0.717) is 13.1 Å². The lowest BCUT2D eigenvalue weighted by atomic mass is 10.2. The number of hydrogen-bond acceptors (Lipinski definition) is 5. The summed E-state index contributed by atoms with van der Waals surface area (Å²) in [6, 6.07) is -0.388. The van der Waals surface area contributed by atoms with E-state index >= 15 is 0 Å². The molecule has 0 saturated heterocycles. The number of carbonyl (C=O) groups excluding carboxylic acids is 2. The van der Waals surface area contributed by atoms with Gasteiger partial charge in [0, 0.05) is 13.1 Å². The lowest BCUT2D eigenvalue weighted by molar-refractivity contribution is -0.142. The van der Waals surface area contributed by atoms with Crippen molar-refractivity contribution in [2.75, 3.05) is 20.2 Å². The molecule has 0 bridgehead atoms. The first-order valence-corrected chi connectivity index (χ1v) is 5.54. The van der Waals surface area contributed by atoms with Crippen molar-refractivity contribution >= 4 is 12.1 Å². The molecule has 0 aliphatic rings. The zero-order valence-corrected chi connectivity index (χ0v) is 11.1. The summed E-state index contributed by atoms with van der Waals surface area (Å²) in [6.07, 6.45) is -0.468. The molecular formula is C11H22N2O4. The third-order valence-electron chi connectivity index (χ3n) is 1.80. The highest BCUT2D eigenvalue weighted by Crippen LogP contribution is 2.05. The SMILES string of the molecule is COC(=O)[C@H](C)NCCNC(=O)OC(C)(C)C. The van der Waals surface area contributed by atoms with Crippen molar-refractivity contribution in [1.29, 1.82) is 0 Å². The molecule has 6 heteroatoms. The highest BCUT2D eigenvalue weighted by molar-refractivity contribution is 5.75. The molecule has 1 amide bonds. The standard InChI is InChI=1S/C11H22N2O4/c1-8(9(14)16-5)12-6-7-13-10(15)17-11(2,3)4/h8,12H,6-7H2,1-5H3,(H,13,15)/t8-/m0/s1. The molecule has 0 aliphatic heterocycles. The first-order valence-electron chi connectivity index (χ1n) is 5.54. The maximum absolute atomic E-state index is 11.2. The van der Waals surface area contributed by atoms with Crippen LogP contribution in [0.5, 0.6) is 0 Å². The van der Waals surface area contributed by atoms with Gasteiger partial charge in [0.15, 0.2) is 0 Å². The smallest absolute Gasteiger partial charge is 0.407 e. The Morgan fingerprint density at radius 1 is 1.24 bits per heavy atom. The summed E-state index contributed by atoms with van der Waals surface area (Å²) in [5, 5.41) is 5.48. The topological polar surface area (TPSA) is 76.7 Å². The number of esters is 1. The fourth-order valence-electron chi connectivity index (χ4n) is 1.03. The van der Waals surface area contributed by atoms with Gasteiger partial charge in [-0.05, 0) is 27.7 Å². The van der Waals surface area contributed by atoms with Crippen LogP contribution in [-0.2, 0) is 14.3 Å². The van der Waals surface area contributed by atoms with Crippen LogP contribution in [0.15, 0.2) is 0 Å². The molecule has 0 fully saturated rings. The van der Waals surface area contributed by atoms with Crippen molar-refractivity contribution in [3.8, 4) is 0 Å². The quantitative estimate of drug-likeness (QED) is 0.550. The molecule has 0 unspecified atom stereocenters. The summed E-state index contributed by atoms with van der Waals surface area (Å²) < 4.78 is 9.59. The Labute approximate surface area is 102 Å². The first kappa shape index (κ1) is 15.7. The molecule has 100 valence electrons. The summed E-state index contributed by atoms with van der Waals surface area (Å²) >= 11 is 0. The Balaban J connectivity index is 3.65. The minimum atomic E-state index is -0.503. The molecule has 1 atom stereocenters. The number of nitrogens with one attached hydrogen (secondary N) is 2. The maximum atomic E-state index is 11.2. The van der Waals surface area contributed by atoms with Gasteiger partial charge in [0.05, 0.1) is 7.11 Å². The third-order valence-corrected chi connectivity index (χ3v) is 1.80. The summed E-state index contributed by atoms with van der Waals surface area (Å²) in [4.78, 5) is 22.3. The van der Waals surface area contributed by atoms with Crippen LogP contribution < -0.4 is 10.6 Å². The first-order chi connectivity index (χ1) is 7.76. The second-order valence-electron chi connectivity index (χ2n) is 4.63. The molecule has 17 heavy (non-hydrogen) atoms.